The molecular formula is C21H27FN4O4. The van der Waals surface area contributed by atoms with E-state index in [1.54, 1.807) is 22.9 Å². The van der Waals surface area contributed by atoms with Gasteiger partial charge < -0.3 is 14.6 Å². The second-order valence-corrected chi connectivity index (χ2v) is 8.15. The fraction of sp³-hybridized carbons (Fsp3) is 0.429. The van der Waals surface area contributed by atoms with E-state index >= 15 is 0 Å². The second-order valence-electron chi connectivity index (χ2n) is 8.15. The van der Waals surface area contributed by atoms with E-state index in [0.29, 0.717) is 17.9 Å². The summed E-state index contributed by atoms with van der Waals surface area (Å²) in [6.45, 7) is 8.17. The number of hydrogen-bond acceptors (Lipinski definition) is 5. The molecule has 1 fully saturated rings. The first-order chi connectivity index (χ1) is 14.1. The van der Waals surface area contributed by atoms with Gasteiger partial charge in [0.2, 0.25) is 5.91 Å². The van der Waals surface area contributed by atoms with Gasteiger partial charge in [0.1, 0.15) is 11.9 Å². The van der Waals surface area contributed by atoms with Crippen molar-refractivity contribution in [1.29, 1.82) is 0 Å². The molecule has 162 valence electrons. The number of amides is 2. The molecule has 3 rings (SSSR count). The number of cyclic esters (lactones) is 1. The topological polar surface area (TPSA) is 84.8 Å². The van der Waals surface area contributed by atoms with Crippen LogP contribution in [0.25, 0.3) is 5.69 Å². The number of anilines is 1. The van der Waals surface area contributed by atoms with Crippen LogP contribution in [0.15, 0.2) is 36.7 Å². The molecule has 1 aliphatic rings. The van der Waals surface area contributed by atoms with Crippen LogP contribution in [0.5, 0.6) is 0 Å². The maximum absolute atomic E-state index is 14.8. The van der Waals surface area contributed by atoms with Crippen LogP contribution >= 0.6 is 0 Å². The molecule has 9 heteroatoms. The maximum atomic E-state index is 14.8. The van der Waals surface area contributed by atoms with E-state index in [9.17, 15) is 14.0 Å². The van der Waals surface area contributed by atoms with Crippen LogP contribution in [0, 0.1) is 5.82 Å². The highest BCUT2D eigenvalue weighted by molar-refractivity contribution is 5.90. The Morgan fingerprint density at radius 3 is 2.77 bits per heavy atom. The lowest BCUT2D eigenvalue weighted by atomic mass is 10.2. The number of carbonyl (C=O) groups excluding carboxylic acids is 2. The third kappa shape index (κ3) is 5.58. The summed E-state index contributed by atoms with van der Waals surface area (Å²) in [5, 5.41) is 2.61. The van der Waals surface area contributed by atoms with E-state index in [1.165, 1.54) is 17.9 Å². The van der Waals surface area contributed by atoms with Gasteiger partial charge in [0, 0.05) is 25.9 Å². The molecule has 30 heavy (non-hydrogen) atoms. The van der Waals surface area contributed by atoms with E-state index in [0.717, 1.165) is 5.56 Å². The lowest BCUT2D eigenvalue weighted by molar-refractivity contribution is -0.119. The number of halogens is 1. The van der Waals surface area contributed by atoms with Crippen molar-refractivity contribution in [3.8, 4) is 5.69 Å². The highest BCUT2D eigenvalue weighted by Gasteiger charge is 2.32. The first-order valence-corrected chi connectivity index (χ1v) is 9.72. The monoisotopic (exact) mass is 418 g/mol. The number of benzene rings is 1. The van der Waals surface area contributed by atoms with Crippen LogP contribution in [0.4, 0.5) is 14.9 Å². The minimum Gasteiger partial charge on any atom is -0.442 e. The zero-order chi connectivity index (χ0) is 21.9. The molecule has 0 spiro atoms. The molecule has 0 unspecified atom stereocenters. The van der Waals surface area contributed by atoms with Crippen LogP contribution in [0.2, 0.25) is 0 Å². The van der Waals surface area contributed by atoms with E-state index in [-0.39, 0.29) is 24.6 Å². The van der Waals surface area contributed by atoms with Gasteiger partial charge in [-0.1, -0.05) is 0 Å². The Morgan fingerprint density at radius 2 is 2.10 bits per heavy atom. The summed E-state index contributed by atoms with van der Waals surface area (Å²) < 4.78 is 21.7. The highest BCUT2D eigenvalue weighted by Crippen LogP contribution is 2.26. The quantitative estimate of drug-likeness (QED) is 0.676. The fourth-order valence-electron chi connectivity index (χ4n) is 3.00. The molecule has 2 aromatic rings. The molecule has 0 radical (unpaired) electrons. The predicted octanol–water partition coefficient (Wildman–Crippen LogP) is 2.90. The summed E-state index contributed by atoms with van der Waals surface area (Å²) in [6, 6.07) is 6.46. The Labute approximate surface area is 174 Å². The van der Waals surface area contributed by atoms with Gasteiger partial charge >= 0.3 is 6.09 Å². The third-order valence-corrected chi connectivity index (χ3v) is 4.38. The number of hydroxylamine groups is 1. The van der Waals surface area contributed by atoms with Crippen molar-refractivity contribution >= 4 is 17.7 Å². The molecule has 0 bridgehead atoms. The van der Waals surface area contributed by atoms with Crippen molar-refractivity contribution in [3.05, 3.63) is 48.0 Å². The molecule has 2 N–H and O–H groups in total. The number of nitrogens with zero attached hydrogens (tertiary/aromatic N) is 2. The van der Waals surface area contributed by atoms with E-state index in [2.05, 4.69) is 10.8 Å². The normalized spacial score (nSPS) is 16.6. The van der Waals surface area contributed by atoms with Crippen molar-refractivity contribution in [2.45, 2.75) is 45.9 Å². The number of nitrogens with one attached hydrogen (secondary N) is 2. The lowest BCUT2D eigenvalue weighted by Crippen LogP contribution is -2.33. The van der Waals surface area contributed by atoms with Crippen molar-refractivity contribution in [2.75, 3.05) is 18.0 Å². The van der Waals surface area contributed by atoms with Crippen molar-refractivity contribution in [3.63, 3.8) is 0 Å². The predicted molar refractivity (Wildman–Crippen MR) is 110 cm³/mol. The molecule has 1 aromatic carbocycles. The molecule has 1 aromatic heterocycles. The van der Waals surface area contributed by atoms with E-state index in [4.69, 9.17) is 9.57 Å². The van der Waals surface area contributed by atoms with Gasteiger partial charge in [0.05, 0.1) is 30.1 Å². The van der Waals surface area contributed by atoms with Crippen molar-refractivity contribution in [2.24, 2.45) is 0 Å². The summed E-state index contributed by atoms with van der Waals surface area (Å²) in [6.07, 6.45) is 2.54. The molecule has 1 atom stereocenters. The van der Waals surface area contributed by atoms with Gasteiger partial charge in [-0.25, -0.2) is 9.18 Å². The van der Waals surface area contributed by atoms with Crippen molar-refractivity contribution in [1.82, 2.24) is 15.4 Å². The van der Waals surface area contributed by atoms with Gasteiger partial charge in [-0.15, -0.1) is 0 Å². The molecule has 8 nitrogen and oxygen atoms in total. The van der Waals surface area contributed by atoms with E-state index in [1.807, 2.05) is 33.0 Å². The average Bonchev–Trinajstić information content (AvgIpc) is 3.25. The summed E-state index contributed by atoms with van der Waals surface area (Å²) >= 11 is 0. The largest absolute Gasteiger partial charge is 0.442 e. The zero-order valence-electron chi connectivity index (χ0n) is 17.6. The van der Waals surface area contributed by atoms with Gasteiger partial charge in [-0.3, -0.25) is 14.5 Å². The minimum absolute atomic E-state index is 0.203. The Hall–Kier alpha value is -2.91. The average molecular weight is 418 g/mol. The van der Waals surface area contributed by atoms with Crippen LogP contribution in [-0.2, 0) is 20.9 Å². The lowest BCUT2D eigenvalue weighted by Gasteiger charge is -2.19. The Kier molecular flexibility index (Phi) is 6.42. The zero-order valence-corrected chi connectivity index (χ0v) is 17.6. The molecule has 0 saturated carbocycles. The molecule has 2 amide bonds. The maximum Gasteiger partial charge on any atom is 0.414 e. The van der Waals surface area contributed by atoms with Crippen LogP contribution < -0.4 is 15.7 Å². The SMILES string of the molecule is CC(=O)NC[C@H]1CN(c2ccc(-n3ccc(CNOC(C)(C)C)c3)c(F)c2)C(=O)O1. The summed E-state index contributed by atoms with van der Waals surface area (Å²) in [5.74, 6) is -0.669. The number of ether oxygens (including phenoxy) is 1. The molecule has 0 aliphatic carbocycles. The Bertz CT molecular complexity index is 922. The van der Waals surface area contributed by atoms with Gasteiger partial charge in [0.25, 0.3) is 0 Å². The first kappa shape index (κ1) is 21.8. The van der Waals surface area contributed by atoms with Gasteiger partial charge in [-0.2, -0.15) is 5.48 Å². The number of aromatic nitrogens is 1. The number of rotatable bonds is 7. The van der Waals surface area contributed by atoms with Crippen molar-refractivity contribution < 1.29 is 23.6 Å². The van der Waals surface area contributed by atoms with Crippen LogP contribution in [0.1, 0.15) is 33.3 Å². The summed E-state index contributed by atoms with van der Waals surface area (Å²) in [5.41, 5.74) is 4.30. The van der Waals surface area contributed by atoms with Gasteiger partial charge in [-0.05, 0) is 50.6 Å². The molecular weight excluding hydrogens is 391 g/mol. The number of hydrogen-bond donors (Lipinski definition) is 2. The Balaban J connectivity index is 1.66. The standard InChI is InChI=1S/C21H27FN4O4/c1-14(27)23-11-17-13-26(20(28)29-17)16-5-6-19(18(22)9-16)25-8-7-15(12-25)10-24-30-21(2,3)4/h5-9,12,17,24H,10-11,13H2,1-4H3,(H,23,27)/t17-/m0/s1. The van der Waals surface area contributed by atoms with Crippen LogP contribution in [0.3, 0.4) is 0 Å². The fourth-order valence-corrected chi connectivity index (χ4v) is 3.00. The number of carbonyl (C=O) groups is 2. The summed E-state index contributed by atoms with van der Waals surface area (Å²) in [4.78, 5) is 30.0. The second kappa shape index (κ2) is 8.85. The minimum atomic E-state index is -0.564. The first-order valence-electron chi connectivity index (χ1n) is 9.72. The highest BCUT2D eigenvalue weighted by atomic mass is 19.1. The van der Waals surface area contributed by atoms with E-state index < -0.39 is 18.0 Å². The molecule has 1 saturated heterocycles. The Morgan fingerprint density at radius 1 is 1.33 bits per heavy atom. The van der Waals surface area contributed by atoms with Crippen LogP contribution in [-0.4, -0.2) is 41.4 Å². The molecule has 1 aliphatic heterocycles. The summed E-state index contributed by atoms with van der Waals surface area (Å²) in [7, 11) is 0. The smallest absolute Gasteiger partial charge is 0.414 e. The van der Waals surface area contributed by atoms with Gasteiger partial charge in [0.15, 0.2) is 0 Å². The third-order valence-electron chi connectivity index (χ3n) is 4.38. The molecule has 2 heterocycles.